The van der Waals surface area contributed by atoms with Crippen molar-refractivity contribution in [2.75, 3.05) is 13.1 Å². The van der Waals surface area contributed by atoms with Gasteiger partial charge in [0, 0.05) is 0 Å². The van der Waals surface area contributed by atoms with E-state index < -0.39 is 11.4 Å². The molecular formula is C14H24N4O3. The lowest BCUT2D eigenvalue weighted by Crippen LogP contribution is -2.62. The maximum Gasteiger partial charge on any atom is 0.246 e. The summed E-state index contributed by atoms with van der Waals surface area (Å²) < 4.78 is 0. The monoisotopic (exact) mass is 296 g/mol. The quantitative estimate of drug-likeness (QED) is 0.529. The molecule has 0 aromatic carbocycles. The summed E-state index contributed by atoms with van der Waals surface area (Å²) >= 11 is 0. The molecule has 118 valence electrons. The van der Waals surface area contributed by atoms with E-state index in [4.69, 9.17) is 5.73 Å². The van der Waals surface area contributed by atoms with Crippen molar-refractivity contribution in [1.82, 2.24) is 16.0 Å². The lowest BCUT2D eigenvalue weighted by molar-refractivity contribution is -0.136. The first-order valence-corrected chi connectivity index (χ1v) is 7.65. The number of primary amides is 1. The topological polar surface area (TPSA) is 113 Å². The fraction of sp³-hybridized carbons (Fsp3) is 0.786. The van der Waals surface area contributed by atoms with Crippen LogP contribution in [0.3, 0.4) is 0 Å². The smallest absolute Gasteiger partial charge is 0.246 e. The van der Waals surface area contributed by atoms with E-state index in [-0.39, 0.29) is 24.4 Å². The molecular weight excluding hydrogens is 272 g/mol. The molecule has 1 saturated heterocycles. The van der Waals surface area contributed by atoms with E-state index in [0.29, 0.717) is 12.8 Å². The Kier molecular flexibility index (Phi) is 5.17. The average molecular weight is 296 g/mol. The summed E-state index contributed by atoms with van der Waals surface area (Å²) in [5.74, 6) is -1.01. The first-order valence-electron chi connectivity index (χ1n) is 7.65. The third-order valence-corrected chi connectivity index (χ3v) is 4.30. The Morgan fingerprint density at radius 3 is 2.43 bits per heavy atom. The molecule has 7 nitrogen and oxygen atoms in total. The molecule has 1 atom stereocenters. The fourth-order valence-corrected chi connectivity index (χ4v) is 3.13. The van der Waals surface area contributed by atoms with Gasteiger partial charge >= 0.3 is 0 Å². The molecule has 7 heteroatoms. The highest BCUT2D eigenvalue weighted by Gasteiger charge is 2.42. The number of amides is 3. The maximum absolute atomic E-state index is 12.4. The summed E-state index contributed by atoms with van der Waals surface area (Å²) in [6.07, 6.45) is 5.82. The molecule has 0 unspecified atom stereocenters. The molecule has 2 aliphatic rings. The van der Waals surface area contributed by atoms with Gasteiger partial charge in [-0.1, -0.05) is 19.3 Å². The van der Waals surface area contributed by atoms with Gasteiger partial charge in [0.05, 0.1) is 12.6 Å². The van der Waals surface area contributed by atoms with Gasteiger partial charge in [-0.25, -0.2) is 0 Å². The number of nitrogens with two attached hydrogens (primary N) is 1. The normalized spacial score (nSPS) is 24.3. The standard InChI is InChI=1S/C14H24N4O3/c15-11(19)9-17-13(21)14(6-2-1-3-7-14)18-12(20)10-5-4-8-16-10/h10,16H,1-9H2,(H2,15,19)(H,17,21)(H,18,20)/t10-/m0/s1. The second-order valence-corrected chi connectivity index (χ2v) is 5.93. The molecule has 0 radical (unpaired) electrons. The summed E-state index contributed by atoms with van der Waals surface area (Å²) in [6, 6.07) is -0.215. The Morgan fingerprint density at radius 2 is 1.86 bits per heavy atom. The fourth-order valence-electron chi connectivity index (χ4n) is 3.13. The van der Waals surface area contributed by atoms with E-state index in [1.165, 1.54) is 0 Å². The molecule has 1 saturated carbocycles. The van der Waals surface area contributed by atoms with Crippen molar-refractivity contribution in [3.05, 3.63) is 0 Å². The van der Waals surface area contributed by atoms with Crippen LogP contribution in [0.5, 0.6) is 0 Å². The Bertz CT molecular complexity index is 412. The lowest BCUT2D eigenvalue weighted by atomic mass is 9.80. The number of hydrogen-bond donors (Lipinski definition) is 4. The van der Waals surface area contributed by atoms with Crippen LogP contribution in [0, 0.1) is 0 Å². The predicted molar refractivity (Wildman–Crippen MR) is 77.2 cm³/mol. The number of carbonyl (C=O) groups is 3. The molecule has 1 aliphatic carbocycles. The van der Waals surface area contributed by atoms with Gasteiger partial charge in [0.15, 0.2) is 0 Å². The largest absolute Gasteiger partial charge is 0.368 e. The molecule has 2 rings (SSSR count). The second-order valence-electron chi connectivity index (χ2n) is 5.93. The zero-order valence-electron chi connectivity index (χ0n) is 12.2. The van der Waals surface area contributed by atoms with Gasteiger partial charge in [-0.15, -0.1) is 0 Å². The molecule has 5 N–H and O–H groups in total. The highest BCUT2D eigenvalue weighted by atomic mass is 16.2. The first-order chi connectivity index (χ1) is 10.0. The summed E-state index contributed by atoms with van der Waals surface area (Å²) in [4.78, 5) is 35.6. The number of hydrogen-bond acceptors (Lipinski definition) is 4. The Labute approximate surface area is 124 Å². The summed E-state index contributed by atoms with van der Waals surface area (Å²) in [5.41, 5.74) is 4.17. The Balaban J connectivity index is 2.03. The van der Waals surface area contributed by atoms with E-state index in [9.17, 15) is 14.4 Å². The van der Waals surface area contributed by atoms with Crippen molar-refractivity contribution in [3.8, 4) is 0 Å². The average Bonchev–Trinajstić information content (AvgIpc) is 3.00. The second kappa shape index (κ2) is 6.89. The van der Waals surface area contributed by atoms with Crippen molar-refractivity contribution >= 4 is 17.7 Å². The van der Waals surface area contributed by atoms with E-state index in [1.54, 1.807) is 0 Å². The van der Waals surface area contributed by atoms with Crippen molar-refractivity contribution in [2.24, 2.45) is 5.73 Å². The van der Waals surface area contributed by atoms with Gasteiger partial charge in [-0.3, -0.25) is 14.4 Å². The minimum Gasteiger partial charge on any atom is -0.368 e. The van der Waals surface area contributed by atoms with E-state index >= 15 is 0 Å². The van der Waals surface area contributed by atoms with Gasteiger partial charge in [-0.05, 0) is 32.2 Å². The zero-order chi connectivity index (χ0) is 15.3. The van der Waals surface area contributed by atoms with Crippen molar-refractivity contribution in [1.29, 1.82) is 0 Å². The summed E-state index contributed by atoms with van der Waals surface area (Å²) in [6.45, 7) is 0.636. The molecule has 1 aliphatic heterocycles. The van der Waals surface area contributed by atoms with Gasteiger partial charge in [0.1, 0.15) is 5.54 Å². The van der Waals surface area contributed by atoms with E-state index in [2.05, 4.69) is 16.0 Å². The van der Waals surface area contributed by atoms with Crippen molar-refractivity contribution in [3.63, 3.8) is 0 Å². The van der Waals surface area contributed by atoms with Crippen LogP contribution < -0.4 is 21.7 Å². The van der Waals surface area contributed by atoms with Gasteiger partial charge in [0.25, 0.3) is 0 Å². The maximum atomic E-state index is 12.4. The van der Waals surface area contributed by atoms with E-state index in [1.807, 2.05) is 0 Å². The number of nitrogens with one attached hydrogen (secondary N) is 3. The van der Waals surface area contributed by atoms with Crippen LogP contribution >= 0.6 is 0 Å². The van der Waals surface area contributed by atoms with Crippen LogP contribution in [0.1, 0.15) is 44.9 Å². The van der Waals surface area contributed by atoms with E-state index in [0.717, 1.165) is 38.6 Å². The SMILES string of the molecule is NC(=O)CNC(=O)C1(NC(=O)[C@@H]2CCCN2)CCCCC1. The molecule has 0 bridgehead atoms. The third-order valence-electron chi connectivity index (χ3n) is 4.30. The molecule has 2 fully saturated rings. The molecule has 0 aromatic rings. The number of carbonyl (C=O) groups excluding carboxylic acids is 3. The molecule has 21 heavy (non-hydrogen) atoms. The summed E-state index contributed by atoms with van der Waals surface area (Å²) in [7, 11) is 0. The lowest BCUT2D eigenvalue weighted by Gasteiger charge is -2.37. The van der Waals surface area contributed by atoms with Gasteiger partial charge < -0.3 is 21.7 Å². The van der Waals surface area contributed by atoms with Crippen molar-refractivity contribution < 1.29 is 14.4 Å². The zero-order valence-corrected chi connectivity index (χ0v) is 12.2. The molecule has 3 amide bonds. The van der Waals surface area contributed by atoms with Crippen molar-refractivity contribution in [2.45, 2.75) is 56.5 Å². The van der Waals surface area contributed by atoms with Gasteiger partial charge in [0.2, 0.25) is 17.7 Å². The predicted octanol–water partition coefficient (Wildman–Crippen LogP) is -0.841. The molecule has 1 heterocycles. The molecule has 0 spiro atoms. The van der Waals surface area contributed by atoms with Crippen LogP contribution in [0.15, 0.2) is 0 Å². The Hall–Kier alpha value is -1.63. The minimum atomic E-state index is -0.894. The van der Waals surface area contributed by atoms with Crippen LogP contribution in [0.4, 0.5) is 0 Å². The highest BCUT2D eigenvalue weighted by molar-refractivity contribution is 5.94. The first kappa shape index (κ1) is 15.8. The molecule has 0 aromatic heterocycles. The van der Waals surface area contributed by atoms with Crippen LogP contribution in [-0.2, 0) is 14.4 Å². The highest BCUT2D eigenvalue weighted by Crippen LogP contribution is 2.29. The minimum absolute atomic E-state index is 0.122. The van der Waals surface area contributed by atoms with Crippen LogP contribution in [0.2, 0.25) is 0 Å². The third kappa shape index (κ3) is 3.93. The Morgan fingerprint density at radius 1 is 1.14 bits per heavy atom. The van der Waals surface area contributed by atoms with Gasteiger partial charge in [-0.2, -0.15) is 0 Å². The van der Waals surface area contributed by atoms with Crippen LogP contribution in [0.25, 0.3) is 0 Å². The number of rotatable bonds is 5. The van der Waals surface area contributed by atoms with Crippen LogP contribution in [-0.4, -0.2) is 42.4 Å². The summed E-state index contributed by atoms with van der Waals surface area (Å²) in [5, 5.41) is 8.61.